The molecule has 0 fully saturated rings. The van der Waals surface area contributed by atoms with Gasteiger partial charge in [-0.1, -0.05) is 0 Å². The highest BCUT2D eigenvalue weighted by Gasteiger charge is 2.20. The zero-order valence-corrected chi connectivity index (χ0v) is 17.3. The molecule has 2 aliphatic heterocycles. The predicted octanol–water partition coefficient (Wildman–Crippen LogP) is 2.73. The number of pyridine rings is 2. The average molecular weight is 426 g/mol. The lowest BCUT2D eigenvalue weighted by Crippen LogP contribution is -2.31. The molecule has 4 aromatic heterocycles. The molecule has 0 radical (unpaired) electrons. The number of nitrogens with zero attached hydrogens (tertiary/aromatic N) is 2. The van der Waals surface area contributed by atoms with Crippen molar-refractivity contribution >= 4 is 11.8 Å². The largest absolute Gasteiger partial charge is 0.358 e. The molecule has 8 nitrogen and oxygen atoms in total. The van der Waals surface area contributed by atoms with Gasteiger partial charge in [0.1, 0.15) is 0 Å². The SMILES string of the molecule is O=C1NCCc2[nH]c(-c3ccncc3)cc21.O=C1NCCc2[nH]c(-c3ccncc3)cc21. The van der Waals surface area contributed by atoms with Gasteiger partial charge in [-0.15, -0.1) is 0 Å². The third-order valence-corrected chi connectivity index (χ3v) is 5.59. The van der Waals surface area contributed by atoms with Gasteiger partial charge in [0.25, 0.3) is 11.8 Å². The molecule has 4 N–H and O–H groups in total. The maximum absolute atomic E-state index is 11.6. The maximum Gasteiger partial charge on any atom is 0.253 e. The molecule has 0 aromatic carbocycles. The predicted molar refractivity (Wildman–Crippen MR) is 120 cm³/mol. The second-order valence-electron chi connectivity index (χ2n) is 7.63. The summed E-state index contributed by atoms with van der Waals surface area (Å²) in [6, 6.07) is 11.5. The molecule has 0 spiro atoms. The molecule has 160 valence electrons. The minimum absolute atomic E-state index is 0.0119. The second-order valence-corrected chi connectivity index (χ2v) is 7.63. The molecular weight excluding hydrogens is 404 g/mol. The zero-order valence-electron chi connectivity index (χ0n) is 17.3. The fourth-order valence-corrected chi connectivity index (χ4v) is 3.96. The van der Waals surface area contributed by atoms with E-state index >= 15 is 0 Å². The number of aromatic amines is 2. The minimum atomic E-state index is 0.0119. The molecule has 8 heteroatoms. The summed E-state index contributed by atoms with van der Waals surface area (Å²) in [6.07, 6.45) is 8.72. The van der Waals surface area contributed by atoms with Crippen LogP contribution in [0.5, 0.6) is 0 Å². The van der Waals surface area contributed by atoms with E-state index in [-0.39, 0.29) is 11.8 Å². The van der Waals surface area contributed by atoms with Gasteiger partial charge in [-0.05, 0) is 36.4 Å². The van der Waals surface area contributed by atoms with Crippen molar-refractivity contribution in [2.45, 2.75) is 12.8 Å². The van der Waals surface area contributed by atoms with Crippen LogP contribution >= 0.6 is 0 Å². The number of H-pyrrole nitrogens is 2. The summed E-state index contributed by atoms with van der Waals surface area (Å²) in [7, 11) is 0. The Morgan fingerprint density at radius 1 is 0.625 bits per heavy atom. The van der Waals surface area contributed by atoms with Crippen molar-refractivity contribution in [1.82, 2.24) is 30.6 Å². The molecule has 0 saturated carbocycles. The Morgan fingerprint density at radius 2 is 1.03 bits per heavy atom. The number of hydrogen-bond acceptors (Lipinski definition) is 4. The average Bonchev–Trinajstić information content (AvgIpc) is 3.47. The monoisotopic (exact) mass is 426 g/mol. The van der Waals surface area contributed by atoms with Gasteiger partial charge in [0.2, 0.25) is 0 Å². The van der Waals surface area contributed by atoms with Crippen molar-refractivity contribution in [1.29, 1.82) is 0 Å². The molecular formula is C24H22N6O2. The van der Waals surface area contributed by atoms with Crippen LogP contribution in [0, 0.1) is 0 Å². The molecule has 6 heterocycles. The smallest absolute Gasteiger partial charge is 0.253 e. The Labute approximate surface area is 184 Å². The van der Waals surface area contributed by atoms with Crippen molar-refractivity contribution in [3.63, 3.8) is 0 Å². The first-order valence-corrected chi connectivity index (χ1v) is 10.5. The van der Waals surface area contributed by atoms with Crippen LogP contribution in [0.3, 0.4) is 0 Å². The highest BCUT2D eigenvalue weighted by atomic mass is 16.2. The standard InChI is InChI=1S/2C12H11N3O/c2*16-12-9-7-11(8-1-4-13-5-2-8)15-10(9)3-6-14-12/h2*1-2,4-5,7,15H,3,6H2,(H,14,16). The quantitative estimate of drug-likeness (QED) is 0.394. The first-order chi connectivity index (χ1) is 15.7. The van der Waals surface area contributed by atoms with E-state index in [2.05, 4.69) is 30.6 Å². The van der Waals surface area contributed by atoms with Crippen LogP contribution in [0.15, 0.2) is 61.2 Å². The van der Waals surface area contributed by atoms with E-state index in [1.807, 2.05) is 36.4 Å². The summed E-state index contributed by atoms with van der Waals surface area (Å²) < 4.78 is 0. The van der Waals surface area contributed by atoms with Crippen LogP contribution in [0.25, 0.3) is 22.5 Å². The van der Waals surface area contributed by atoms with Crippen molar-refractivity contribution in [3.8, 4) is 22.5 Å². The summed E-state index contributed by atoms with van der Waals surface area (Å²) in [5, 5.41) is 5.66. The summed E-state index contributed by atoms with van der Waals surface area (Å²) in [4.78, 5) is 37.7. The topological polar surface area (TPSA) is 116 Å². The van der Waals surface area contributed by atoms with Crippen LogP contribution < -0.4 is 10.6 Å². The van der Waals surface area contributed by atoms with E-state index in [4.69, 9.17) is 0 Å². The van der Waals surface area contributed by atoms with Crippen LogP contribution in [0.1, 0.15) is 32.1 Å². The number of fused-ring (bicyclic) bond motifs is 2. The van der Waals surface area contributed by atoms with Gasteiger partial charge in [0.15, 0.2) is 0 Å². The lowest BCUT2D eigenvalue weighted by atomic mass is 10.1. The number of aromatic nitrogens is 4. The fourth-order valence-electron chi connectivity index (χ4n) is 3.96. The molecule has 4 aromatic rings. The van der Waals surface area contributed by atoms with Gasteiger partial charge in [-0.2, -0.15) is 0 Å². The van der Waals surface area contributed by atoms with Gasteiger partial charge in [-0.3, -0.25) is 19.6 Å². The van der Waals surface area contributed by atoms with Gasteiger partial charge >= 0.3 is 0 Å². The zero-order chi connectivity index (χ0) is 21.9. The third-order valence-electron chi connectivity index (χ3n) is 5.59. The van der Waals surface area contributed by atoms with Crippen LogP contribution in [-0.4, -0.2) is 44.8 Å². The van der Waals surface area contributed by atoms with E-state index in [0.717, 1.165) is 57.9 Å². The van der Waals surface area contributed by atoms with E-state index < -0.39 is 0 Å². The van der Waals surface area contributed by atoms with Gasteiger partial charge in [0, 0.05) is 84.6 Å². The first kappa shape index (κ1) is 19.7. The normalized spacial score (nSPS) is 14.4. The van der Waals surface area contributed by atoms with E-state index in [9.17, 15) is 9.59 Å². The van der Waals surface area contributed by atoms with Gasteiger partial charge < -0.3 is 20.6 Å². The van der Waals surface area contributed by atoms with Crippen LogP contribution in [-0.2, 0) is 12.8 Å². The Balaban J connectivity index is 0.000000135. The number of rotatable bonds is 2. The van der Waals surface area contributed by atoms with Gasteiger partial charge in [0.05, 0.1) is 11.1 Å². The third kappa shape index (κ3) is 3.90. The van der Waals surface area contributed by atoms with Crippen molar-refractivity contribution in [2.75, 3.05) is 13.1 Å². The molecule has 0 aliphatic carbocycles. The minimum Gasteiger partial charge on any atom is -0.358 e. The lowest BCUT2D eigenvalue weighted by molar-refractivity contribution is 0.0937. The van der Waals surface area contributed by atoms with Crippen LogP contribution in [0.2, 0.25) is 0 Å². The second kappa shape index (κ2) is 8.50. The first-order valence-electron chi connectivity index (χ1n) is 10.5. The van der Waals surface area contributed by atoms with Crippen molar-refractivity contribution < 1.29 is 9.59 Å². The molecule has 0 saturated heterocycles. The molecule has 2 amide bonds. The van der Waals surface area contributed by atoms with Crippen LogP contribution in [0.4, 0.5) is 0 Å². The fraction of sp³-hybridized carbons (Fsp3) is 0.167. The van der Waals surface area contributed by atoms with Gasteiger partial charge in [-0.25, -0.2) is 0 Å². The number of hydrogen-bond donors (Lipinski definition) is 4. The number of carbonyl (C=O) groups excluding carboxylic acids is 2. The molecule has 0 bridgehead atoms. The summed E-state index contributed by atoms with van der Waals surface area (Å²) >= 11 is 0. The number of nitrogens with one attached hydrogen (secondary N) is 4. The molecule has 0 unspecified atom stereocenters. The summed E-state index contributed by atoms with van der Waals surface area (Å²) in [5.74, 6) is 0.0237. The van der Waals surface area contributed by atoms with Crippen molar-refractivity contribution in [3.05, 3.63) is 83.7 Å². The lowest BCUT2D eigenvalue weighted by Gasteiger charge is -2.10. The van der Waals surface area contributed by atoms with E-state index in [0.29, 0.717) is 13.1 Å². The van der Waals surface area contributed by atoms with E-state index in [1.54, 1.807) is 24.8 Å². The molecule has 0 atom stereocenters. The number of carbonyl (C=O) groups is 2. The Kier molecular flexibility index (Phi) is 5.25. The molecule has 32 heavy (non-hydrogen) atoms. The van der Waals surface area contributed by atoms with E-state index in [1.165, 1.54) is 0 Å². The highest BCUT2D eigenvalue weighted by Crippen LogP contribution is 2.24. The Bertz CT molecular complexity index is 1160. The highest BCUT2D eigenvalue weighted by molar-refractivity contribution is 5.98. The Morgan fingerprint density at radius 3 is 1.41 bits per heavy atom. The molecule has 6 rings (SSSR count). The maximum atomic E-state index is 11.6. The summed E-state index contributed by atoms with van der Waals surface area (Å²) in [6.45, 7) is 1.42. The molecule has 2 aliphatic rings. The summed E-state index contributed by atoms with van der Waals surface area (Å²) in [5.41, 5.74) is 7.63. The number of amides is 2. The van der Waals surface area contributed by atoms with Crippen molar-refractivity contribution in [2.24, 2.45) is 0 Å². The Hall–Kier alpha value is -4.20.